The van der Waals surface area contributed by atoms with E-state index in [9.17, 15) is 18.0 Å². The first-order valence-electron chi connectivity index (χ1n) is 10.6. The summed E-state index contributed by atoms with van der Waals surface area (Å²) >= 11 is 0. The summed E-state index contributed by atoms with van der Waals surface area (Å²) in [6.07, 6.45) is 4.72. The van der Waals surface area contributed by atoms with Gasteiger partial charge in [0.2, 0.25) is 15.9 Å². The predicted octanol–water partition coefficient (Wildman–Crippen LogP) is 0.984. The predicted molar refractivity (Wildman–Crippen MR) is 113 cm³/mol. The van der Waals surface area contributed by atoms with E-state index in [2.05, 4.69) is 0 Å². The number of fused-ring (bicyclic) bond motifs is 4. The van der Waals surface area contributed by atoms with E-state index < -0.39 is 10.0 Å². The lowest BCUT2D eigenvalue weighted by atomic mass is 9.95. The third kappa shape index (κ3) is 3.24. The Morgan fingerprint density at radius 2 is 1.77 bits per heavy atom. The molecule has 3 aliphatic rings. The summed E-state index contributed by atoms with van der Waals surface area (Å²) in [5.74, 6) is 0.715. The lowest BCUT2D eigenvalue weighted by Gasteiger charge is -2.35. The van der Waals surface area contributed by atoms with Crippen LogP contribution >= 0.6 is 0 Å². The zero-order valence-electron chi connectivity index (χ0n) is 17.0. The summed E-state index contributed by atoms with van der Waals surface area (Å²) < 4.78 is 26.8. The van der Waals surface area contributed by atoms with Crippen LogP contribution in [0.2, 0.25) is 0 Å². The zero-order chi connectivity index (χ0) is 21.0. The highest BCUT2D eigenvalue weighted by Gasteiger charge is 2.43. The minimum atomic E-state index is -3.21. The second-order valence-electron chi connectivity index (χ2n) is 8.73. The average Bonchev–Trinajstić information content (AvgIpc) is 3.03. The number of nitrogens with zero attached hydrogens (tertiary/aromatic N) is 4. The summed E-state index contributed by atoms with van der Waals surface area (Å²) in [7, 11) is -3.21. The molecule has 0 radical (unpaired) electrons. The summed E-state index contributed by atoms with van der Waals surface area (Å²) in [6, 6.07) is 7.45. The van der Waals surface area contributed by atoms with Crippen LogP contribution in [0.25, 0.3) is 10.9 Å². The minimum Gasteiger partial charge on any atom is -0.334 e. The van der Waals surface area contributed by atoms with Gasteiger partial charge in [0.05, 0.1) is 23.2 Å². The van der Waals surface area contributed by atoms with Gasteiger partial charge in [0.15, 0.2) is 0 Å². The van der Waals surface area contributed by atoms with Gasteiger partial charge in [0.25, 0.3) is 5.56 Å². The fourth-order valence-electron chi connectivity index (χ4n) is 5.33. The Balaban J connectivity index is 1.41. The normalized spacial score (nSPS) is 25.3. The summed E-state index contributed by atoms with van der Waals surface area (Å²) in [4.78, 5) is 33.3. The first-order chi connectivity index (χ1) is 14.3. The number of hydrogen-bond acceptors (Lipinski definition) is 5. The topological polar surface area (TPSA) is 92.6 Å². The number of carbonyl (C=O) groups is 1. The number of carbonyl (C=O) groups excluding carboxylic acids is 1. The Bertz CT molecular complexity index is 1170. The van der Waals surface area contributed by atoms with Crippen LogP contribution in [0.4, 0.5) is 0 Å². The third-order valence-electron chi connectivity index (χ3n) is 6.90. The van der Waals surface area contributed by atoms with Crippen LogP contribution in [-0.4, -0.2) is 64.5 Å². The molecule has 30 heavy (non-hydrogen) atoms. The van der Waals surface area contributed by atoms with Crippen molar-refractivity contribution in [1.82, 2.24) is 18.8 Å². The van der Waals surface area contributed by atoms with Crippen molar-refractivity contribution in [3.8, 4) is 0 Å². The highest BCUT2D eigenvalue weighted by molar-refractivity contribution is 7.88. The van der Waals surface area contributed by atoms with Crippen LogP contribution in [0.1, 0.15) is 31.5 Å². The van der Waals surface area contributed by atoms with Gasteiger partial charge < -0.3 is 4.90 Å². The van der Waals surface area contributed by atoms with Crippen LogP contribution in [0.3, 0.4) is 0 Å². The zero-order valence-corrected chi connectivity index (χ0v) is 17.8. The number of rotatable bonds is 2. The van der Waals surface area contributed by atoms with Crippen LogP contribution in [0.15, 0.2) is 29.1 Å². The number of para-hydroxylation sites is 1. The molecule has 3 aliphatic heterocycles. The minimum absolute atomic E-state index is 0.00245. The van der Waals surface area contributed by atoms with E-state index in [1.54, 1.807) is 10.6 Å². The van der Waals surface area contributed by atoms with Crippen molar-refractivity contribution < 1.29 is 13.2 Å². The van der Waals surface area contributed by atoms with Gasteiger partial charge in [-0.2, -0.15) is 0 Å². The Hall–Kier alpha value is -2.26. The van der Waals surface area contributed by atoms with Crippen molar-refractivity contribution in [3.05, 3.63) is 40.4 Å². The molecule has 0 aliphatic carbocycles. The summed E-state index contributed by atoms with van der Waals surface area (Å²) in [5, 5.41) is 0.616. The van der Waals surface area contributed by atoms with Crippen molar-refractivity contribution in [2.45, 2.75) is 50.7 Å². The molecule has 8 nitrogen and oxygen atoms in total. The molecule has 2 atom stereocenters. The molecule has 1 aromatic carbocycles. The Kier molecular flexibility index (Phi) is 4.70. The second kappa shape index (κ2) is 7.16. The maximum absolute atomic E-state index is 13.4. The molecule has 4 heterocycles. The average molecular weight is 431 g/mol. The molecule has 2 saturated heterocycles. The first kappa shape index (κ1) is 19.7. The largest absolute Gasteiger partial charge is 0.334 e. The monoisotopic (exact) mass is 430 g/mol. The third-order valence-corrected chi connectivity index (χ3v) is 8.20. The molecule has 1 amide bonds. The summed E-state index contributed by atoms with van der Waals surface area (Å²) in [6.45, 7) is 1.27. The smallest absolute Gasteiger partial charge is 0.261 e. The van der Waals surface area contributed by atoms with E-state index in [4.69, 9.17) is 4.98 Å². The lowest BCUT2D eigenvalue weighted by Crippen LogP contribution is -2.48. The number of benzene rings is 1. The Labute approximate surface area is 175 Å². The van der Waals surface area contributed by atoms with Gasteiger partial charge in [0, 0.05) is 38.0 Å². The van der Waals surface area contributed by atoms with E-state index in [1.165, 1.54) is 10.6 Å². The van der Waals surface area contributed by atoms with E-state index >= 15 is 0 Å². The van der Waals surface area contributed by atoms with Crippen molar-refractivity contribution in [1.29, 1.82) is 0 Å². The molecule has 2 aromatic rings. The van der Waals surface area contributed by atoms with Crippen molar-refractivity contribution in [3.63, 3.8) is 0 Å². The molecule has 0 saturated carbocycles. The Morgan fingerprint density at radius 3 is 2.50 bits per heavy atom. The van der Waals surface area contributed by atoms with Crippen LogP contribution in [0, 0.1) is 5.92 Å². The maximum atomic E-state index is 13.4. The number of hydrogen-bond donors (Lipinski definition) is 0. The second-order valence-corrected chi connectivity index (χ2v) is 10.7. The molecule has 2 fully saturated rings. The van der Waals surface area contributed by atoms with Crippen LogP contribution < -0.4 is 5.56 Å². The maximum Gasteiger partial charge on any atom is 0.261 e. The molecule has 1 aromatic heterocycles. The Morgan fingerprint density at radius 1 is 1.07 bits per heavy atom. The molecule has 0 N–H and O–H groups in total. The van der Waals surface area contributed by atoms with Gasteiger partial charge in [-0.3, -0.25) is 14.2 Å². The van der Waals surface area contributed by atoms with Gasteiger partial charge >= 0.3 is 0 Å². The van der Waals surface area contributed by atoms with E-state index in [1.807, 2.05) is 23.1 Å². The molecule has 0 spiro atoms. The van der Waals surface area contributed by atoms with Crippen molar-refractivity contribution in [2.75, 3.05) is 19.3 Å². The highest BCUT2D eigenvalue weighted by Crippen LogP contribution is 2.34. The van der Waals surface area contributed by atoms with E-state index in [0.29, 0.717) is 49.8 Å². The number of piperidine rings is 1. The standard InChI is InChI=1S/C21H26N4O4S/c1-30(28,29)23-10-8-14(9-11-23)20(26)25-15-6-7-16(25)13-24-19(12-15)22-18-5-3-2-4-17(18)21(24)27/h2-5,14-16H,6-13H2,1H3/t15-,16-/m0/s1. The molecular formula is C21H26N4O4S. The molecule has 160 valence electrons. The molecule has 2 bridgehead atoms. The SMILES string of the molecule is CS(=O)(=O)N1CCC(C(=O)N2[C@H]3CC[C@H]2Cn2c(nc4ccccc4c2=O)C3)CC1. The molecule has 5 rings (SSSR count). The van der Waals surface area contributed by atoms with E-state index in [-0.39, 0.29) is 29.5 Å². The summed E-state index contributed by atoms with van der Waals surface area (Å²) in [5.41, 5.74) is 0.676. The van der Waals surface area contributed by atoms with Gasteiger partial charge in [-0.05, 0) is 37.8 Å². The van der Waals surface area contributed by atoms with Gasteiger partial charge in [-0.1, -0.05) is 12.1 Å². The highest BCUT2D eigenvalue weighted by atomic mass is 32.2. The quantitative estimate of drug-likeness (QED) is 0.708. The van der Waals surface area contributed by atoms with Crippen LogP contribution in [-0.2, 0) is 27.8 Å². The van der Waals surface area contributed by atoms with Gasteiger partial charge in [0.1, 0.15) is 5.82 Å². The molecule has 0 unspecified atom stereocenters. The fourth-order valence-corrected chi connectivity index (χ4v) is 6.20. The van der Waals surface area contributed by atoms with Crippen molar-refractivity contribution in [2.24, 2.45) is 5.92 Å². The van der Waals surface area contributed by atoms with Crippen molar-refractivity contribution >= 4 is 26.8 Å². The molecular weight excluding hydrogens is 404 g/mol. The number of amides is 1. The van der Waals surface area contributed by atoms with Crippen LogP contribution in [0.5, 0.6) is 0 Å². The van der Waals surface area contributed by atoms with Gasteiger partial charge in [-0.15, -0.1) is 0 Å². The first-order valence-corrected chi connectivity index (χ1v) is 12.4. The number of sulfonamides is 1. The van der Waals surface area contributed by atoms with Gasteiger partial charge in [-0.25, -0.2) is 17.7 Å². The van der Waals surface area contributed by atoms with E-state index in [0.717, 1.165) is 18.7 Å². The molecule has 9 heteroatoms. The lowest BCUT2D eigenvalue weighted by molar-refractivity contribution is -0.139. The number of aromatic nitrogens is 2. The fraction of sp³-hybridized carbons (Fsp3) is 0.571.